The molecule has 2 rings (SSSR count). The second kappa shape index (κ2) is 3.72. The molecule has 0 fully saturated rings. The minimum atomic E-state index is 0.301. The van der Waals surface area contributed by atoms with Crippen molar-refractivity contribution in [3.8, 4) is 0 Å². The van der Waals surface area contributed by atoms with Gasteiger partial charge in [0.15, 0.2) is 0 Å². The van der Waals surface area contributed by atoms with Gasteiger partial charge in [-0.2, -0.15) is 0 Å². The highest BCUT2D eigenvalue weighted by Gasteiger charge is 2.07. The molecule has 3 nitrogen and oxygen atoms in total. The fourth-order valence-corrected chi connectivity index (χ4v) is 1.52. The number of hydrogen-bond acceptors (Lipinski definition) is 3. The van der Waals surface area contributed by atoms with Gasteiger partial charge in [-0.15, -0.1) is 0 Å². The van der Waals surface area contributed by atoms with Gasteiger partial charge < -0.3 is 5.32 Å². The smallest absolute Gasteiger partial charge is 0.0934 e. The van der Waals surface area contributed by atoms with Crippen LogP contribution in [-0.4, -0.2) is 17.0 Å². The molecule has 3 heteroatoms. The van der Waals surface area contributed by atoms with Crippen molar-refractivity contribution in [2.75, 3.05) is 7.05 Å². The number of para-hydroxylation sites is 1. The van der Waals surface area contributed by atoms with Crippen LogP contribution < -0.4 is 5.32 Å². The Morgan fingerprint density at radius 2 is 2.00 bits per heavy atom. The summed E-state index contributed by atoms with van der Waals surface area (Å²) in [6.07, 6.45) is 3.45. The van der Waals surface area contributed by atoms with Crippen molar-refractivity contribution >= 4 is 11.0 Å². The molecule has 0 amide bonds. The van der Waals surface area contributed by atoms with E-state index < -0.39 is 0 Å². The van der Waals surface area contributed by atoms with E-state index in [1.54, 1.807) is 12.4 Å². The van der Waals surface area contributed by atoms with Crippen molar-refractivity contribution in [1.29, 1.82) is 0 Å². The molecular weight excluding hydrogens is 174 g/mol. The predicted octanol–water partition coefficient (Wildman–Crippen LogP) is 1.91. The zero-order valence-corrected chi connectivity index (χ0v) is 8.36. The lowest BCUT2D eigenvalue weighted by molar-refractivity contribution is 0.656. The Labute approximate surface area is 83.2 Å². The second-order valence-electron chi connectivity index (χ2n) is 3.28. The summed E-state index contributed by atoms with van der Waals surface area (Å²) < 4.78 is 0. The van der Waals surface area contributed by atoms with E-state index >= 15 is 0 Å². The Kier molecular flexibility index (Phi) is 2.41. The molecule has 1 atom stereocenters. The topological polar surface area (TPSA) is 37.8 Å². The van der Waals surface area contributed by atoms with E-state index in [1.807, 2.05) is 19.2 Å². The normalized spacial score (nSPS) is 13.0. The van der Waals surface area contributed by atoms with Crippen molar-refractivity contribution < 1.29 is 0 Å². The predicted molar refractivity (Wildman–Crippen MR) is 57.0 cm³/mol. The summed E-state index contributed by atoms with van der Waals surface area (Å²) >= 11 is 0. The molecule has 0 aliphatic heterocycles. The van der Waals surface area contributed by atoms with Crippen LogP contribution in [0, 0.1) is 0 Å². The lowest BCUT2D eigenvalue weighted by Crippen LogP contribution is -2.13. The van der Waals surface area contributed by atoms with Gasteiger partial charge in [-0.25, -0.2) is 0 Å². The van der Waals surface area contributed by atoms with Crippen molar-refractivity contribution in [1.82, 2.24) is 15.3 Å². The lowest BCUT2D eigenvalue weighted by atomic mass is 10.1. The third-order valence-electron chi connectivity index (χ3n) is 2.43. The number of benzene rings is 1. The summed E-state index contributed by atoms with van der Waals surface area (Å²) in [4.78, 5) is 8.62. The van der Waals surface area contributed by atoms with Gasteiger partial charge in [-0.3, -0.25) is 9.97 Å². The maximum absolute atomic E-state index is 4.35. The van der Waals surface area contributed by atoms with E-state index in [0.29, 0.717) is 6.04 Å². The van der Waals surface area contributed by atoms with Crippen molar-refractivity contribution in [3.05, 3.63) is 36.2 Å². The molecule has 1 N–H and O–H groups in total. The summed E-state index contributed by atoms with van der Waals surface area (Å²) in [5, 5.41) is 3.21. The largest absolute Gasteiger partial charge is 0.313 e. The molecule has 1 aromatic heterocycles. The Bertz CT molecular complexity index is 434. The number of rotatable bonds is 2. The van der Waals surface area contributed by atoms with Gasteiger partial charge in [0, 0.05) is 18.4 Å². The minimum absolute atomic E-state index is 0.301. The summed E-state index contributed by atoms with van der Waals surface area (Å²) in [6.45, 7) is 2.11. The molecule has 1 heterocycles. The molecule has 0 aliphatic carbocycles. The Morgan fingerprint density at radius 1 is 1.21 bits per heavy atom. The first-order valence-corrected chi connectivity index (χ1v) is 4.70. The summed E-state index contributed by atoms with van der Waals surface area (Å²) in [5.74, 6) is 0. The van der Waals surface area contributed by atoms with Gasteiger partial charge in [0.1, 0.15) is 0 Å². The SMILES string of the molecule is CN[C@@H](C)c1cccc2nccnc12. The van der Waals surface area contributed by atoms with E-state index in [1.165, 1.54) is 5.56 Å². The zero-order chi connectivity index (χ0) is 9.97. The van der Waals surface area contributed by atoms with Crippen molar-refractivity contribution in [2.24, 2.45) is 0 Å². The molecule has 14 heavy (non-hydrogen) atoms. The van der Waals surface area contributed by atoms with Gasteiger partial charge in [-0.1, -0.05) is 12.1 Å². The van der Waals surface area contributed by atoms with Gasteiger partial charge in [-0.05, 0) is 25.6 Å². The van der Waals surface area contributed by atoms with Gasteiger partial charge in [0.2, 0.25) is 0 Å². The number of hydrogen-bond donors (Lipinski definition) is 1. The third kappa shape index (κ3) is 1.46. The zero-order valence-electron chi connectivity index (χ0n) is 8.36. The molecule has 0 saturated heterocycles. The van der Waals surface area contributed by atoms with Crippen molar-refractivity contribution in [3.63, 3.8) is 0 Å². The van der Waals surface area contributed by atoms with Crippen LogP contribution in [0.3, 0.4) is 0 Å². The van der Waals surface area contributed by atoms with Crippen LogP contribution in [0.2, 0.25) is 0 Å². The van der Waals surface area contributed by atoms with Gasteiger partial charge in [0.25, 0.3) is 0 Å². The third-order valence-corrected chi connectivity index (χ3v) is 2.43. The van der Waals surface area contributed by atoms with Crippen molar-refractivity contribution in [2.45, 2.75) is 13.0 Å². The number of nitrogens with one attached hydrogen (secondary N) is 1. The van der Waals surface area contributed by atoms with E-state index in [4.69, 9.17) is 0 Å². The average Bonchev–Trinajstić information content (AvgIpc) is 2.27. The Morgan fingerprint density at radius 3 is 2.79 bits per heavy atom. The van der Waals surface area contributed by atoms with Crippen LogP contribution >= 0.6 is 0 Å². The first kappa shape index (κ1) is 9.09. The standard InChI is InChI=1S/C11H13N3/c1-8(12-2)9-4-3-5-10-11(9)14-7-6-13-10/h3-8,12H,1-2H3/t8-/m0/s1. The lowest BCUT2D eigenvalue weighted by Gasteiger charge is -2.11. The number of aromatic nitrogens is 2. The summed E-state index contributed by atoms with van der Waals surface area (Å²) in [6, 6.07) is 6.38. The fraction of sp³-hybridized carbons (Fsp3) is 0.273. The fourth-order valence-electron chi connectivity index (χ4n) is 1.52. The van der Waals surface area contributed by atoms with Gasteiger partial charge in [0.05, 0.1) is 11.0 Å². The van der Waals surface area contributed by atoms with Crippen LogP contribution in [0.1, 0.15) is 18.5 Å². The van der Waals surface area contributed by atoms with Crippen LogP contribution in [0.15, 0.2) is 30.6 Å². The van der Waals surface area contributed by atoms with E-state index in [2.05, 4.69) is 28.3 Å². The average molecular weight is 187 g/mol. The summed E-state index contributed by atoms with van der Waals surface area (Å²) in [5.41, 5.74) is 3.13. The van der Waals surface area contributed by atoms with E-state index in [0.717, 1.165) is 11.0 Å². The molecule has 0 bridgehead atoms. The van der Waals surface area contributed by atoms with Crippen LogP contribution in [0.4, 0.5) is 0 Å². The minimum Gasteiger partial charge on any atom is -0.313 e. The van der Waals surface area contributed by atoms with Crippen LogP contribution in [-0.2, 0) is 0 Å². The number of fused-ring (bicyclic) bond motifs is 1. The highest BCUT2D eigenvalue weighted by atomic mass is 14.9. The van der Waals surface area contributed by atoms with Crippen LogP contribution in [0.25, 0.3) is 11.0 Å². The first-order valence-electron chi connectivity index (χ1n) is 4.70. The summed E-state index contributed by atoms with van der Waals surface area (Å²) in [7, 11) is 1.94. The van der Waals surface area contributed by atoms with E-state index in [-0.39, 0.29) is 0 Å². The Balaban J connectivity index is 2.65. The molecule has 0 unspecified atom stereocenters. The van der Waals surface area contributed by atoms with Gasteiger partial charge >= 0.3 is 0 Å². The first-order chi connectivity index (χ1) is 6.83. The highest BCUT2D eigenvalue weighted by Crippen LogP contribution is 2.19. The quantitative estimate of drug-likeness (QED) is 0.780. The molecular formula is C11H13N3. The molecule has 0 spiro atoms. The molecule has 2 aromatic rings. The Hall–Kier alpha value is -1.48. The molecule has 0 aliphatic rings. The molecule has 1 aromatic carbocycles. The van der Waals surface area contributed by atoms with E-state index in [9.17, 15) is 0 Å². The monoisotopic (exact) mass is 187 g/mol. The maximum Gasteiger partial charge on any atom is 0.0934 e. The molecule has 0 saturated carbocycles. The number of nitrogens with zero attached hydrogens (tertiary/aromatic N) is 2. The highest BCUT2D eigenvalue weighted by molar-refractivity contribution is 5.77. The van der Waals surface area contributed by atoms with Crippen LogP contribution in [0.5, 0.6) is 0 Å². The molecule has 0 radical (unpaired) electrons. The molecule has 72 valence electrons. The second-order valence-corrected chi connectivity index (χ2v) is 3.28. The maximum atomic E-state index is 4.35.